The Hall–Kier alpha value is -0.180. The van der Waals surface area contributed by atoms with Crippen molar-refractivity contribution in [1.29, 1.82) is 0 Å². The lowest BCUT2D eigenvalue weighted by atomic mass is 9.98. The average molecular weight is 218 g/mol. The Bertz CT molecular complexity index is 157. The summed E-state index contributed by atoms with van der Waals surface area (Å²) in [4.78, 5) is 11.1. The van der Waals surface area contributed by atoms with E-state index < -0.39 is 0 Å². The van der Waals surface area contributed by atoms with Crippen LogP contribution in [0.15, 0.2) is 0 Å². The van der Waals surface area contributed by atoms with Crippen molar-refractivity contribution in [2.45, 2.75) is 51.7 Å². The standard InChI is InChI=1S/C11H22O2S/c1-4-6-10(5-2)7-8-13-11(12)9(3)14/h9-10,14H,4-8H2,1-3H3. The van der Waals surface area contributed by atoms with Crippen LogP contribution in [0.2, 0.25) is 0 Å². The molecule has 0 spiro atoms. The number of hydrogen-bond donors (Lipinski definition) is 1. The van der Waals surface area contributed by atoms with E-state index >= 15 is 0 Å². The Morgan fingerprint density at radius 3 is 2.43 bits per heavy atom. The van der Waals surface area contributed by atoms with Crippen molar-refractivity contribution in [1.82, 2.24) is 0 Å². The molecule has 0 heterocycles. The summed E-state index contributed by atoms with van der Waals surface area (Å²) in [7, 11) is 0. The summed E-state index contributed by atoms with van der Waals surface area (Å²) < 4.78 is 5.07. The number of ether oxygens (including phenoxy) is 1. The lowest BCUT2D eigenvalue weighted by Gasteiger charge is -2.14. The number of esters is 1. The van der Waals surface area contributed by atoms with Gasteiger partial charge in [-0.3, -0.25) is 4.79 Å². The SMILES string of the molecule is CCCC(CC)CCOC(=O)C(C)S. The van der Waals surface area contributed by atoms with Crippen molar-refractivity contribution in [3.63, 3.8) is 0 Å². The number of carbonyl (C=O) groups excluding carboxylic acids is 1. The van der Waals surface area contributed by atoms with Gasteiger partial charge in [0.15, 0.2) is 0 Å². The van der Waals surface area contributed by atoms with Crippen LogP contribution in [0.4, 0.5) is 0 Å². The molecule has 0 aliphatic rings. The molecule has 0 amide bonds. The Balaban J connectivity index is 3.55. The van der Waals surface area contributed by atoms with E-state index in [-0.39, 0.29) is 11.2 Å². The van der Waals surface area contributed by atoms with Crippen molar-refractivity contribution < 1.29 is 9.53 Å². The molecule has 84 valence electrons. The quantitative estimate of drug-likeness (QED) is 0.525. The summed E-state index contributed by atoms with van der Waals surface area (Å²) in [6, 6.07) is 0. The molecular formula is C11H22O2S. The van der Waals surface area contributed by atoms with E-state index in [1.807, 2.05) is 0 Å². The summed E-state index contributed by atoms with van der Waals surface area (Å²) in [5.74, 6) is 0.489. The summed E-state index contributed by atoms with van der Waals surface area (Å²) in [6.45, 7) is 6.64. The Kier molecular flexibility index (Phi) is 8.05. The van der Waals surface area contributed by atoms with E-state index in [2.05, 4.69) is 26.5 Å². The first-order valence-corrected chi connectivity index (χ1v) is 5.98. The maximum absolute atomic E-state index is 11.1. The highest BCUT2D eigenvalue weighted by molar-refractivity contribution is 7.81. The van der Waals surface area contributed by atoms with Gasteiger partial charge in [0.1, 0.15) is 0 Å². The zero-order valence-corrected chi connectivity index (χ0v) is 10.3. The minimum absolute atomic E-state index is 0.209. The predicted octanol–water partition coefficient (Wildman–Crippen LogP) is 3.06. The average Bonchev–Trinajstić information content (AvgIpc) is 2.16. The van der Waals surface area contributed by atoms with Gasteiger partial charge in [0, 0.05) is 0 Å². The monoisotopic (exact) mass is 218 g/mol. The lowest BCUT2D eigenvalue weighted by Crippen LogP contribution is -2.16. The zero-order valence-electron chi connectivity index (χ0n) is 9.45. The van der Waals surface area contributed by atoms with Gasteiger partial charge in [-0.05, 0) is 19.3 Å². The maximum Gasteiger partial charge on any atom is 0.318 e. The highest BCUT2D eigenvalue weighted by Crippen LogP contribution is 2.15. The normalized spacial score (nSPS) is 14.9. The Morgan fingerprint density at radius 2 is 2.00 bits per heavy atom. The third-order valence-corrected chi connectivity index (χ3v) is 2.60. The molecule has 0 saturated carbocycles. The molecule has 2 nitrogen and oxygen atoms in total. The van der Waals surface area contributed by atoms with Gasteiger partial charge in [0.2, 0.25) is 0 Å². The minimum Gasteiger partial charge on any atom is -0.465 e. The van der Waals surface area contributed by atoms with E-state index in [9.17, 15) is 4.79 Å². The molecule has 3 heteroatoms. The first-order chi connectivity index (χ1) is 6.61. The molecule has 0 rings (SSSR count). The summed E-state index contributed by atoms with van der Waals surface area (Å²) >= 11 is 4.01. The predicted molar refractivity (Wildman–Crippen MR) is 62.7 cm³/mol. The summed E-state index contributed by atoms with van der Waals surface area (Å²) in [5.41, 5.74) is 0. The molecule has 0 N–H and O–H groups in total. The van der Waals surface area contributed by atoms with Crippen LogP contribution in [0, 0.1) is 5.92 Å². The first-order valence-electron chi connectivity index (χ1n) is 5.46. The van der Waals surface area contributed by atoms with Gasteiger partial charge in [0.05, 0.1) is 11.9 Å². The van der Waals surface area contributed by atoms with Crippen molar-refractivity contribution in [3.8, 4) is 0 Å². The fourth-order valence-electron chi connectivity index (χ4n) is 1.41. The van der Waals surface area contributed by atoms with Crippen LogP contribution in [0.25, 0.3) is 0 Å². The fourth-order valence-corrected chi connectivity index (χ4v) is 1.48. The van der Waals surface area contributed by atoms with Gasteiger partial charge in [0.25, 0.3) is 0 Å². The number of rotatable bonds is 7. The number of carbonyl (C=O) groups is 1. The van der Waals surface area contributed by atoms with Crippen LogP contribution < -0.4 is 0 Å². The van der Waals surface area contributed by atoms with Gasteiger partial charge in [-0.1, -0.05) is 33.1 Å². The molecule has 0 radical (unpaired) electrons. The molecule has 14 heavy (non-hydrogen) atoms. The van der Waals surface area contributed by atoms with Crippen LogP contribution in [-0.2, 0) is 9.53 Å². The molecule has 0 aromatic heterocycles. The van der Waals surface area contributed by atoms with Crippen LogP contribution in [0.3, 0.4) is 0 Å². The van der Waals surface area contributed by atoms with Crippen LogP contribution in [0.1, 0.15) is 46.5 Å². The minimum atomic E-state index is -0.304. The van der Waals surface area contributed by atoms with Gasteiger partial charge < -0.3 is 4.74 Å². The van der Waals surface area contributed by atoms with E-state index in [0.717, 1.165) is 6.42 Å². The maximum atomic E-state index is 11.1. The third-order valence-electron chi connectivity index (χ3n) is 2.39. The molecule has 2 unspecified atom stereocenters. The van der Waals surface area contributed by atoms with Gasteiger partial charge >= 0.3 is 5.97 Å². The molecule has 0 aliphatic carbocycles. The molecule has 0 bridgehead atoms. The second-order valence-electron chi connectivity index (χ2n) is 3.70. The van der Waals surface area contributed by atoms with E-state index in [0.29, 0.717) is 12.5 Å². The molecule has 2 atom stereocenters. The second kappa shape index (κ2) is 8.16. The molecule has 0 aromatic carbocycles. The highest BCUT2D eigenvalue weighted by atomic mass is 32.1. The third kappa shape index (κ3) is 6.30. The van der Waals surface area contributed by atoms with Crippen molar-refractivity contribution >= 4 is 18.6 Å². The van der Waals surface area contributed by atoms with Gasteiger partial charge in [-0.2, -0.15) is 12.6 Å². The highest BCUT2D eigenvalue weighted by Gasteiger charge is 2.10. The Labute approximate surface area is 92.8 Å². The number of thiol groups is 1. The van der Waals surface area contributed by atoms with Crippen LogP contribution >= 0.6 is 12.6 Å². The fraction of sp³-hybridized carbons (Fsp3) is 0.909. The topological polar surface area (TPSA) is 26.3 Å². The summed E-state index contributed by atoms with van der Waals surface area (Å²) in [5, 5.41) is -0.304. The van der Waals surface area contributed by atoms with Crippen molar-refractivity contribution in [3.05, 3.63) is 0 Å². The molecule has 0 aromatic rings. The first kappa shape index (κ1) is 13.8. The lowest BCUT2D eigenvalue weighted by molar-refractivity contribution is -0.143. The van der Waals surface area contributed by atoms with Crippen molar-refractivity contribution in [2.75, 3.05) is 6.61 Å². The second-order valence-corrected chi connectivity index (χ2v) is 4.47. The summed E-state index contributed by atoms with van der Waals surface area (Å²) in [6.07, 6.45) is 4.58. The number of hydrogen-bond acceptors (Lipinski definition) is 3. The molecule has 0 saturated heterocycles. The van der Waals surface area contributed by atoms with E-state index in [1.54, 1.807) is 6.92 Å². The van der Waals surface area contributed by atoms with Gasteiger partial charge in [-0.25, -0.2) is 0 Å². The van der Waals surface area contributed by atoms with Crippen molar-refractivity contribution in [2.24, 2.45) is 5.92 Å². The van der Waals surface area contributed by atoms with E-state index in [1.165, 1.54) is 19.3 Å². The molecule has 0 aliphatic heterocycles. The van der Waals surface area contributed by atoms with E-state index in [4.69, 9.17) is 4.74 Å². The smallest absolute Gasteiger partial charge is 0.318 e. The molecule has 0 fully saturated rings. The molecular weight excluding hydrogens is 196 g/mol. The van der Waals surface area contributed by atoms with Gasteiger partial charge in [-0.15, -0.1) is 0 Å². The Morgan fingerprint density at radius 1 is 1.36 bits per heavy atom. The van der Waals surface area contributed by atoms with Crippen LogP contribution in [0.5, 0.6) is 0 Å². The van der Waals surface area contributed by atoms with Crippen LogP contribution in [-0.4, -0.2) is 17.8 Å². The zero-order chi connectivity index (χ0) is 11.0. The largest absolute Gasteiger partial charge is 0.465 e.